The van der Waals surface area contributed by atoms with Crippen molar-refractivity contribution in [3.05, 3.63) is 0 Å². The molecule has 0 saturated heterocycles. The molecule has 0 aromatic carbocycles. The van der Waals surface area contributed by atoms with Gasteiger partial charge < -0.3 is 0 Å². The van der Waals surface area contributed by atoms with Gasteiger partial charge in [-0.1, -0.05) is 0 Å². The topological polar surface area (TPSA) is 0 Å². The molecule has 47 valence electrons. The Morgan fingerprint density at radius 1 is 1.00 bits per heavy atom. The van der Waals surface area contributed by atoms with E-state index in [2.05, 4.69) is 0 Å². The molecular formula is Cl3ErHoY. The third-order valence-corrected chi connectivity index (χ3v) is 0. The van der Waals surface area contributed by atoms with Gasteiger partial charge in [-0.25, -0.2) is 0 Å². The normalized spacial score (nSPS) is 7.50. The molecule has 0 aromatic heterocycles. The van der Waals surface area contributed by atoms with E-state index < -0.39 is 27.4 Å². The van der Waals surface area contributed by atoms with E-state index in [0.717, 1.165) is 0 Å². The monoisotopic (exact) mass is 525 g/mol. The Kier molecular flexibility index (Phi) is 34.2. The zero-order chi connectivity index (χ0) is 3.58. The van der Waals surface area contributed by atoms with Crippen LogP contribution in [0.3, 0.4) is 0 Å². The third-order valence-electron chi connectivity index (χ3n) is 0. The zero-order valence-corrected chi connectivity index (χ0v) is 11.2. The maximum absolute atomic E-state index is 4.95. The molecule has 0 atom stereocenters. The molecule has 0 aromatic rings. The van der Waals surface area contributed by atoms with Gasteiger partial charge in [0.1, 0.15) is 0 Å². The van der Waals surface area contributed by atoms with E-state index in [1.807, 2.05) is 0 Å². The van der Waals surface area contributed by atoms with E-state index >= 15 is 0 Å². The first-order valence-corrected chi connectivity index (χ1v) is 7.61. The summed E-state index contributed by atoms with van der Waals surface area (Å²) in [4.78, 5) is 0. The van der Waals surface area contributed by atoms with E-state index in [-0.39, 0.29) is 70.0 Å². The first-order chi connectivity index (χ1) is 1.73. The van der Waals surface area contributed by atoms with Crippen LogP contribution in [-0.4, -0.2) is 0 Å². The summed E-state index contributed by atoms with van der Waals surface area (Å²) in [5, 5.41) is 0. The van der Waals surface area contributed by atoms with Gasteiger partial charge in [0, 0.05) is 70.0 Å². The van der Waals surface area contributed by atoms with Crippen LogP contribution < -0.4 is 0 Å². The summed E-state index contributed by atoms with van der Waals surface area (Å²) in [6.07, 6.45) is 14.9. The fraction of sp³-hybridized carbons (Fsp3) is 0. The van der Waals surface area contributed by atoms with Crippen molar-refractivity contribution in [3.8, 4) is 0 Å². The molecule has 0 rings (SSSR count). The van der Waals surface area contributed by atoms with E-state index in [4.69, 9.17) is 19.2 Å². The molecule has 0 amide bonds. The second kappa shape index (κ2) is 12.2. The van der Waals surface area contributed by atoms with Crippen molar-refractivity contribution in [2.24, 2.45) is 0 Å². The predicted molar refractivity (Wildman–Crippen MR) is 17.6 cm³/mol. The summed E-state index contributed by atoms with van der Waals surface area (Å²) in [6.45, 7) is 0. The van der Waals surface area contributed by atoms with Gasteiger partial charge in [-0.15, -0.1) is 0 Å². The third kappa shape index (κ3) is 23.6. The van der Waals surface area contributed by atoms with Crippen LogP contribution in [0.1, 0.15) is 0 Å². The summed E-state index contributed by atoms with van der Waals surface area (Å²) in [5.74, 6) is 0. The van der Waals surface area contributed by atoms with Gasteiger partial charge in [0.25, 0.3) is 0 Å². The minimum Gasteiger partial charge on any atom is 0 e. The maximum atomic E-state index is 4.95. The fourth-order valence-corrected chi connectivity index (χ4v) is 0. The first kappa shape index (κ1) is 16.8. The van der Waals surface area contributed by atoms with Gasteiger partial charge in [-0.2, -0.15) is 0 Å². The molecule has 6 heteroatoms. The molecule has 0 unspecified atom stereocenters. The van der Waals surface area contributed by atoms with E-state index in [0.29, 0.717) is 0 Å². The molecule has 0 aliphatic carbocycles. The van der Waals surface area contributed by atoms with E-state index in [1.165, 1.54) is 0 Å². The molecule has 0 aliphatic heterocycles. The van der Waals surface area contributed by atoms with E-state index in [9.17, 15) is 0 Å². The maximum Gasteiger partial charge on any atom is 0 e. The minimum absolute atomic E-state index is 0. The van der Waals surface area contributed by atoms with Crippen molar-refractivity contribution in [3.63, 3.8) is 0 Å². The Morgan fingerprint density at radius 3 is 1.00 bits per heavy atom. The number of hydrogen-bond donors (Lipinski definition) is 0. The molecule has 0 N–H and O–H groups in total. The predicted octanol–water partition coefficient (Wildman–Crippen LogP) is 2.07. The van der Waals surface area contributed by atoms with Crippen molar-refractivity contribution in [2.75, 3.05) is 0 Å². The Bertz CT molecular complexity index is 15.5. The van der Waals surface area contributed by atoms with Gasteiger partial charge in [0.05, 0.1) is 0 Å². The summed E-state index contributed by atoms with van der Waals surface area (Å²) in [6, 6.07) is 0. The molecule has 0 nitrogen and oxygen atoms in total. The summed E-state index contributed by atoms with van der Waals surface area (Å²) < 4.78 is 0. The fourth-order valence-electron chi connectivity index (χ4n) is 0. The van der Waals surface area contributed by atoms with Crippen LogP contribution in [0, 0.1) is 64.7 Å². The van der Waals surface area contributed by atoms with Crippen LogP contribution in [0.5, 0.6) is 0 Å². The van der Waals surface area contributed by atoms with Crippen LogP contribution in [0.15, 0.2) is 0 Å². The Balaban J connectivity index is -0.0000000450. The van der Waals surface area contributed by atoms with Gasteiger partial charge in [0.15, 0.2) is 0 Å². The van der Waals surface area contributed by atoms with Crippen molar-refractivity contribution in [2.45, 2.75) is 0 Å². The van der Waals surface area contributed by atoms with Gasteiger partial charge in [0.2, 0.25) is 0 Å². The quantitative estimate of drug-likeness (QED) is 0.424. The Hall–Kier alpha value is 4.48. The van der Waals surface area contributed by atoms with Gasteiger partial charge in [-0.05, 0) is 0 Å². The van der Waals surface area contributed by atoms with E-state index in [1.54, 1.807) is 0 Å². The van der Waals surface area contributed by atoms with Crippen LogP contribution in [0.2, 0.25) is 0 Å². The smallest absolute Gasteiger partial charge is 0 e. The van der Waals surface area contributed by atoms with Gasteiger partial charge in [-0.3, -0.25) is 0 Å². The van der Waals surface area contributed by atoms with Crippen molar-refractivity contribution < 1.29 is 97.4 Å². The molecular weight excluding hydrogens is 527 g/mol. The molecule has 6 heavy (non-hydrogen) atoms. The molecule has 1 radical (unpaired) electrons. The largest absolute Gasteiger partial charge is 0 e. The van der Waals surface area contributed by atoms with Gasteiger partial charge >= 0.3 is 46.6 Å². The first-order valence-electron chi connectivity index (χ1n) is 0.342. The molecule has 0 fully saturated rings. The van der Waals surface area contributed by atoms with Crippen LogP contribution >= 0.6 is 19.2 Å². The summed E-state index contributed by atoms with van der Waals surface area (Å²) in [7, 11) is 0. The van der Waals surface area contributed by atoms with Crippen LogP contribution in [0.25, 0.3) is 0 Å². The number of halogens is 3. The second-order valence-electron chi connectivity index (χ2n) is 0.129. The standard InChI is InChI=1S/3ClH.Er.Ho.Y/h3*1H;;;/q;;;;+3;/p-3. The minimum atomic E-state index is -1.79. The molecule has 0 bridgehead atoms. The van der Waals surface area contributed by atoms with Crippen LogP contribution in [-0.2, 0) is 32.7 Å². The zero-order valence-electron chi connectivity index (χ0n) is 2.30. The average Bonchev–Trinajstić information content (AvgIpc) is 0.811. The SMILES string of the molecule is [Cl][Ho]([Cl])[Cl].[Er].[Y]. The second-order valence-corrected chi connectivity index (χ2v) is 8.62. The molecule has 0 spiro atoms. The van der Waals surface area contributed by atoms with Crippen molar-refractivity contribution in [1.29, 1.82) is 0 Å². The van der Waals surface area contributed by atoms with Crippen molar-refractivity contribution in [1.82, 2.24) is 0 Å². The number of hydrogen-bond acceptors (Lipinski definition) is 0. The molecule has 0 aliphatic rings. The van der Waals surface area contributed by atoms with Crippen LogP contribution in [0.4, 0.5) is 0 Å². The average molecular weight is 527 g/mol. The Morgan fingerprint density at radius 2 is 1.00 bits per heavy atom. The van der Waals surface area contributed by atoms with Crippen molar-refractivity contribution >= 4 is 19.2 Å². The Labute approximate surface area is 113 Å². The molecule has 0 saturated carbocycles. The number of rotatable bonds is 0. The summed E-state index contributed by atoms with van der Waals surface area (Å²) in [5.41, 5.74) is 0. The summed E-state index contributed by atoms with van der Waals surface area (Å²) >= 11 is -1.79. The molecule has 0 heterocycles.